The molecule has 0 unspecified atom stereocenters. The summed E-state index contributed by atoms with van der Waals surface area (Å²) in [7, 11) is 0. The predicted molar refractivity (Wildman–Crippen MR) is 199 cm³/mol. The molecule has 5 heteroatoms. The second-order valence-corrected chi connectivity index (χ2v) is 12.4. The highest BCUT2D eigenvalue weighted by Crippen LogP contribution is 2.44. The van der Waals surface area contributed by atoms with E-state index < -0.39 is 0 Å². The number of carbonyl (C=O) groups excluding carboxylic acids is 2. The number of carbonyl (C=O) groups is 2. The molecule has 0 fully saturated rings. The molecule has 0 saturated heterocycles. The van der Waals surface area contributed by atoms with E-state index >= 15 is 0 Å². The number of nitriles is 1. The van der Waals surface area contributed by atoms with E-state index in [0.717, 1.165) is 55.2 Å². The number of anilines is 1. The second-order valence-electron chi connectivity index (χ2n) is 12.4. The summed E-state index contributed by atoms with van der Waals surface area (Å²) < 4.78 is 2.10. The molecule has 234 valence electrons. The third-order valence-corrected chi connectivity index (χ3v) is 9.59. The zero-order chi connectivity index (χ0) is 33.8. The van der Waals surface area contributed by atoms with Crippen LogP contribution in [0.4, 0.5) is 5.69 Å². The topological polar surface area (TPSA) is 66.1 Å². The summed E-state index contributed by atoms with van der Waals surface area (Å²) in [6, 6.07) is 55.4. The van der Waals surface area contributed by atoms with Gasteiger partial charge in [-0.05, 0) is 70.3 Å². The van der Waals surface area contributed by atoms with Gasteiger partial charge in [0.05, 0.1) is 45.2 Å². The Balaban J connectivity index is 1.25. The van der Waals surface area contributed by atoms with Crippen molar-refractivity contribution in [1.82, 2.24) is 4.57 Å². The molecule has 2 heterocycles. The fourth-order valence-electron chi connectivity index (χ4n) is 7.31. The normalized spacial score (nSPS) is 12.4. The van der Waals surface area contributed by atoms with E-state index in [2.05, 4.69) is 34.9 Å². The van der Waals surface area contributed by atoms with Crippen LogP contribution >= 0.6 is 0 Å². The summed E-state index contributed by atoms with van der Waals surface area (Å²) >= 11 is 0. The van der Waals surface area contributed by atoms with Gasteiger partial charge in [-0.1, -0.05) is 121 Å². The Bertz CT molecular complexity index is 2690. The molecule has 0 bridgehead atoms. The van der Waals surface area contributed by atoms with E-state index in [1.54, 1.807) is 6.07 Å². The number of amides is 2. The molecule has 1 aliphatic rings. The van der Waals surface area contributed by atoms with E-state index in [1.165, 1.54) is 4.90 Å². The third kappa shape index (κ3) is 4.47. The zero-order valence-electron chi connectivity index (χ0n) is 26.7. The van der Waals surface area contributed by atoms with Crippen molar-refractivity contribution in [1.29, 1.82) is 5.26 Å². The summed E-state index contributed by atoms with van der Waals surface area (Å²) in [6.07, 6.45) is 0. The van der Waals surface area contributed by atoms with Gasteiger partial charge in [0.25, 0.3) is 11.8 Å². The Kier molecular flexibility index (Phi) is 6.75. The van der Waals surface area contributed by atoms with Crippen LogP contribution in [0.5, 0.6) is 0 Å². The fraction of sp³-hybridized carbons (Fsp3) is 0. The SMILES string of the molecule is N#Cc1ccc(-c2ccc3c4ccccc4n(-c4cccc5c4C(=O)N(c4cccc(-c6ccccc6)c4-c4ccccc4)C5=O)c3c2)cc1. The van der Waals surface area contributed by atoms with Crippen molar-refractivity contribution < 1.29 is 9.59 Å². The zero-order valence-corrected chi connectivity index (χ0v) is 26.7. The quantitative estimate of drug-likeness (QED) is 0.176. The highest BCUT2D eigenvalue weighted by molar-refractivity contribution is 6.36. The number of hydrogen-bond acceptors (Lipinski definition) is 3. The molecule has 0 saturated carbocycles. The second kappa shape index (κ2) is 11.6. The van der Waals surface area contributed by atoms with Crippen LogP contribution in [-0.2, 0) is 0 Å². The lowest BCUT2D eigenvalue weighted by Crippen LogP contribution is -2.30. The molecular formula is C45H27N3O2. The van der Waals surface area contributed by atoms with Gasteiger partial charge in [0, 0.05) is 16.3 Å². The number of aromatic nitrogens is 1. The van der Waals surface area contributed by atoms with Crippen LogP contribution in [0.1, 0.15) is 26.3 Å². The smallest absolute Gasteiger partial charge is 0.268 e. The molecule has 0 atom stereocenters. The minimum atomic E-state index is -0.364. The summed E-state index contributed by atoms with van der Waals surface area (Å²) in [5.41, 5.74) is 9.98. The molecule has 0 aliphatic carbocycles. The van der Waals surface area contributed by atoms with Crippen molar-refractivity contribution in [3.05, 3.63) is 180 Å². The summed E-state index contributed by atoms with van der Waals surface area (Å²) in [5.74, 6) is -0.717. The van der Waals surface area contributed by atoms with E-state index in [-0.39, 0.29) is 11.8 Å². The monoisotopic (exact) mass is 641 g/mol. The Morgan fingerprint density at radius 1 is 0.440 bits per heavy atom. The highest BCUT2D eigenvalue weighted by atomic mass is 16.2. The standard InChI is InChI=1S/C45H27N3O2/c46-28-29-21-23-30(24-22-29)33-25-26-36-35-15-7-8-18-38(35)47(41(36)27-33)40-20-10-17-37-43(40)45(50)48(44(37)49)39-19-9-16-34(31-11-3-1-4-12-31)42(39)32-13-5-2-6-14-32/h1-27H. The summed E-state index contributed by atoms with van der Waals surface area (Å²) in [6.45, 7) is 0. The van der Waals surface area contributed by atoms with Crippen LogP contribution in [0, 0.1) is 11.3 Å². The van der Waals surface area contributed by atoms with Crippen LogP contribution in [-0.4, -0.2) is 16.4 Å². The highest BCUT2D eigenvalue weighted by Gasteiger charge is 2.40. The Labute approximate surface area is 288 Å². The maximum absolute atomic E-state index is 14.8. The number of fused-ring (bicyclic) bond motifs is 4. The van der Waals surface area contributed by atoms with E-state index in [9.17, 15) is 14.9 Å². The molecule has 1 aromatic heterocycles. The molecule has 0 radical (unpaired) electrons. The first-order valence-corrected chi connectivity index (χ1v) is 16.4. The number of rotatable bonds is 5. The molecule has 7 aromatic carbocycles. The van der Waals surface area contributed by atoms with Gasteiger partial charge in [-0.2, -0.15) is 5.26 Å². The third-order valence-electron chi connectivity index (χ3n) is 9.59. The molecule has 5 nitrogen and oxygen atoms in total. The Hall–Kier alpha value is -7.03. The van der Waals surface area contributed by atoms with E-state index in [1.807, 2.05) is 133 Å². The van der Waals surface area contributed by atoms with Crippen LogP contribution in [0.25, 0.3) is 60.9 Å². The number of benzene rings is 7. The van der Waals surface area contributed by atoms with Crippen LogP contribution in [0.3, 0.4) is 0 Å². The average Bonchev–Trinajstić information content (AvgIpc) is 3.65. The van der Waals surface area contributed by atoms with Crippen LogP contribution in [0.2, 0.25) is 0 Å². The minimum absolute atomic E-state index is 0.353. The summed E-state index contributed by atoms with van der Waals surface area (Å²) in [5, 5.41) is 11.4. The lowest BCUT2D eigenvalue weighted by molar-refractivity contribution is 0.0926. The van der Waals surface area contributed by atoms with Crippen LogP contribution in [0.15, 0.2) is 164 Å². The Morgan fingerprint density at radius 2 is 1.06 bits per heavy atom. The molecule has 9 rings (SSSR count). The number of hydrogen-bond donors (Lipinski definition) is 0. The van der Waals surface area contributed by atoms with Gasteiger partial charge in [0.2, 0.25) is 0 Å². The van der Waals surface area contributed by atoms with Crippen molar-refractivity contribution in [3.63, 3.8) is 0 Å². The van der Waals surface area contributed by atoms with Gasteiger partial charge in [-0.3, -0.25) is 9.59 Å². The van der Waals surface area contributed by atoms with Crippen molar-refractivity contribution in [2.45, 2.75) is 0 Å². The van der Waals surface area contributed by atoms with Crippen LogP contribution < -0.4 is 4.90 Å². The van der Waals surface area contributed by atoms with Gasteiger partial charge in [0.15, 0.2) is 0 Å². The lowest BCUT2D eigenvalue weighted by Gasteiger charge is -2.22. The Morgan fingerprint density at radius 3 is 1.80 bits per heavy atom. The maximum atomic E-state index is 14.8. The van der Waals surface area contributed by atoms with Gasteiger partial charge < -0.3 is 4.57 Å². The van der Waals surface area contributed by atoms with E-state index in [4.69, 9.17) is 0 Å². The van der Waals surface area contributed by atoms with Crippen molar-refractivity contribution >= 4 is 39.3 Å². The molecular weight excluding hydrogens is 615 g/mol. The molecule has 50 heavy (non-hydrogen) atoms. The first-order chi connectivity index (χ1) is 24.6. The molecule has 8 aromatic rings. The average molecular weight is 642 g/mol. The number of para-hydroxylation sites is 1. The largest absolute Gasteiger partial charge is 0.308 e. The van der Waals surface area contributed by atoms with Gasteiger partial charge in [-0.25, -0.2) is 4.90 Å². The maximum Gasteiger partial charge on any atom is 0.268 e. The molecule has 0 spiro atoms. The number of nitrogens with zero attached hydrogens (tertiary/aromatic N) is 3. The lowest BCUT2D eigenvalue weighted by atomic mass is 9.92. The van der Waals surface area contributed by atoms with Crippen molar-refractivity contribution in [3.8, 4) is 45.1 Å². The van der Waals surface area contributed by atoms with Crippen molar-refractivity contribution in [2.24, 2.45) is 0 Å². The molecule has 2 amide bonds. The first-order valence-electron chi connectivity index (χ1n) is 16.4. The number of imide groups is 1. The molecule has 0 N–H and O–H groups in total. The van der Waals surface area contributed by atoms with E-state index in [0.29, 0.717) is 28.1 Å². The first kappa shape index (κ1) is 29.1. The minimum Gasteiger partial charge on any atom is -0.308 e. The predicted octanol–water partition coefficient (Wildman–Crippen LogP) is 10.5. The van der Waals surface area contributed by atoms with Gasteiger partial charge >= 0.3 is 0 Å². The fourth-order valence-corrected chi connectivity index (χ4v) is 7.31. The van der Waals surface area contributed by atoms with Crippen molar-refractivity contribution in [2.75, 3.05) is 4.90 Å². The molecule has 1 aliphatic heterocycles. The van der Waals surface area contributed by atoms with Gasteiger partial charge in [0.1, 0.15) is 0 Å². The van der Waals surface area contributed by atoms with Gasteiger partial charge in [-0.15, -0.1) is 0 Å². The summed E-state index contributed by atoms with van der Waals surface area (Å²) in [4.78, 5) is 30.6.